The van der Waals surface area contributed by atoms with Crippen molar-refractivity contribution in [2.45, 2.75) is 6.92 Å². The first-order chi connectivity index (χ1) is 5.68. The number of hydrogen-bond donors (Lipinski definition) is 0. The van der Waals surface area contributed by atoms with E-state index in [2.05, 4.69) is 4.98 Å². The van der Waals surface area contributed by atoms with Crippen molar-refractivity contribution in [3.63, 3.8) is 0 Å². The Morgan fingerprint density at radius 3 is 2.92 bits per heavy atom. The number of fused-ring (bicyclic) bond motifs is 1. The molecular formula is C9H9FN2. The van der Waals surface area contributed by atoms with Crippen molar-refractivity contribution in [3.05, 3.63) is 29.8 Å². The van der Waals surface area contributed by atoms with E-state index in [1.807, 2.05) is 18.5 Å². The smallest absolute Gasteiger partial charge is 0.125 e. The Morgan fingerprint density at radius 1 is 1.42 bits per heavy atom. The van der Waals surface area contributed by atoms with Gasteiger partial charge in [0.1, 0.15) is 5.82 Å². The average molecular weight is 164 g/mol. The monoisotopic (exact) mass is 164 g/mol. The first-order valence-corrected chi connectivity index (χ1v) is 3.75. The minimum absolute atomic E-state index is 0.205. The second-order valence-corrected chi connectivity index (χ2v) is 2.95. The molecule has 1 heterocycles. The van der Waals surface area contributed by atoms with E-state index in [1.54, 1.807) is 6.33 Å². The lowest BCUT2D eigenvalue weighted by Gasteiger charge is -1.97. The zero-order chi connectivity index (χ0) is 8.72. The van der Waals surface area contributed by atoms with Gasteiger partial charge in [-0.05, 0) is 24.6 Å². The summed E-state index contributed by atoms with van der Waals surface area (Å²) in [4.78, 5) is 4.16. The van der Waals surface area contributed by atoms with Crippen LogP contribution in [0.15, 0.2) is 18.5 Å². The number of aryl methyl sites for hydroxylation is 2. The summed E-state index contributed by atoms with van der Waals surface area (Å²) in [5.74, 6) is -0.205. The third-order valence-electron chi connectivity index (χ3n) is 1.99. The number of aromatic nitrogens is 2. The first kappa shape index (κ1) is 7.28. The van der Waals surface area contributed by atoms with E-state index >= 15 is 0 Å². The number of hydrogen-bond acceptors (Lipinski definition) is 1. The SMILES string of the molecule is Cc1cc(F)cc2c1ncn2C. The van der Waals surface area contributed by atoms with Gasteiger partial charge in [0.15, 0.2) is 0 Å². The van der Waals surface area contributed by atoms with E-state index < -0.39 is 0 Å². The Morgan fingerprint density at radius 2 is 2.17 bits per heavy atom. The van der Waals surface area contributed by atoms with Crippen molar-refractivity contribution >= 4 is 11.0 Å². The summed E-state index contributed by atoms with van der Waals surface area (Å²) in [6, 6.07) is 2.99. The topological polar surface area (TPSA) is 17.8 Å². The van der Waals surface area contributed by atoms with Crippen molar-refractivity contribution in [1.82, 2.24) is 9.55 Å². The highest BCUT2D eigenvalue weighted by molar-refractivity contribution is 5.78. The van der Waals surface area contributed by atoms with Crippen LogP contribution in [0, 0.1) is 12.7 Å². The molecule has 62 valence electrons. The van der Waals surface area contributed by atoms with Gasteiger partial charge in [0.2, 0.25) is 0 Å². The molecule has 12 heavy (non-hydrogen) atoms. The Balaban J connectivity index is 2.92. The van der Waals surface area contributed by atoms with Gasteiger partial charge in [-0.3, -0.25) is 0 Å². The Labute approximate surface area is 69.6 Å². The maximum atomic E-state index is 12.9. The highest BCUT2D eigenvalue weighted by Crippen LogP contribution is 2.17. The molecule has 0 aliphatic heterocycles. The van der Waals surface area contributed by atoms with Crippen LogP contribution in [0.4, 0.5) is 4.39 Å². The molecule has 0 spiro atoms. The predicted octanol–water partition coefficient (Wildman–Crippen LogP) is 2.02. The fraction of sp³-hybridized carbons (Fsp3) is 0.222. The molecule has 0 aliphatic carbocycles. The molecule has 3 heteroatoms. The summed E-state index contributed by atoms with van der Waals surface area (Å²) >= 11 is 0. The van der Waals surface area contributed by atoms with E-state index in [0.29, 0.717) is 0 Å². The number of halogens is 1. The van der Waals surface area contributed by atoms with Crippen LogP contribution in [-0.4, -0.2) is 9.55 Å². The Hall–Kier alpha value is -1.38. The third kappa shape index (κ3) is 0.897. The van der Waals surface area contributed by atoms with Gasteiger partial charge in [-0.2, -0.15) is 0 Å². The lowest BCUT2D eigenvalue weighted by atomic mass is 10.2. The summed E-state index contributed by atoms with van der Waals surface area (Å²) in [5.41, 5.74) is 2.59. The van der Waals surface area contributed by atoms with Crippen LogP contribution < -0.4 is 0 Å². The van der Waals surface area contributed by atoms with E-state index in [4.69, 9.17) is 0 Å². The fourth-order valence-corrected chi connectivity index (χ4v) is 1.36. The van der Waals surface area contributed by atoms with Gasteiger partial charge < -0.3 is 4.57 Å². The molecule has 2 aromatic rings. The molecular weight excluding hydrogens is 155 g/mol. The van der Waals surface area contributed by atoms with Crippen LogP contribution in [0.5, 0.6) is 0 Å². The van der Waals surface area contributed by atoms with E-state index in [9.17, 15) is 4.39 Å². The van der Waals surface area contributed by atoms with E-state index in [0.717, 1.165) is 16.6 Å². The molecule has 0 saturated carbocycles. The van der Waals surface area contributed by atoms with Gasteiger partial charge in [0.25, 0.3) is 0 Å². The molecule has 0 fully saturated rings. The van der Waals surface area contributed by atoms with Crippen LogP contribution in [0.3, 0.4) is 0 Å². The minimum Gasteiger partial charge on any atom is -0.334 e. The minimum atomic E-state index is -0.205. The van der Waals surface area contributed by atoms with Crippen molar-refractivity contribution in [2.75, 3.05) is 0 Å². The molecule has 0 aliphatic rings. The standard InChI is InChI=1S/C9H9FN2/c1-6-3-7(10)4-8-9(6)11-5-12(8)2/h3-5H,1-2H3. The fourth-order valence-electron chi connectivity index (χ4n) is 1.36. The average Bonchev–Trinajstić information content (AvgIpc) is 2.33. The molecule has 1 aromatic heterocycles. The van der Waals surface area contributed by atoms with Crippen molar-refractivity contribution in [2.24, 2.45) is 7.05 Å². The summed E-state index contributed by atoms with van der Waals surface area (Å²) in [6.45, 7) is 1.86. The quantitative estimate of drug-likeness (QED) is 0.582. The molecule has 0 amide bonds. The van der Waals surface area contributed by atoms with Crippen molar-refractivity contribution in [3.8, 4) is 0 Å². The zero-order valence-electron chi connectivity index (χ0n) is 7.00. The van der Waals surface area contributed by atoms with Gasteiger partial charge in [0.05, 0.1) is 17.4 Å². The van der Waals surface area contributed by atoms with E-state index in [1.165, 1.54) is 12.1 Å². The molecule has 0 unspecified atom stereocenters. The molecule has 0 radical (unpaired) electrons. The molecule has 0 bridgehead atoms. The zero-order valence-corrected chi connectivity index (χ0v) is 7.00. The van der Waals surface area contributed by atoms with Crippen molar-refractivity contribution in [1.29, 1.82) is 0 Å². The molecule has 2 rings (SSSR count). The van der Waals surface area contributed by atoms with Gasteiger partial charge in [-0.1, -0.05) is 0 Å². The van der Waals surface area contributed by atoms with Gasteiger partial charge in [0, 0.05) is 7.05 Å². The Kier molecular flexibility index (Phi) is 1.40. The van der Waals surface area contributed by atoms with Crippen LogP contribution >= 0.6 is 0 Å². The number of nitrogens with zero attached hydrogens (tertiary/aromatic N) is 2. The van der Waals surface area contributed by atoms with Gasteiger partial charge in [-0.15, -0.1) is 0 Å². The first-order valence-electron chi connectivity index (χ1n) is 3.75. The highest BCUT2D eigenvalue weighted by atomic mass is 19.1. The normalized spacial score (nSPS) is 10.9. The third-order valence-corrected chi connectivity index (χ3v) is 1.99. The second-order valence-electron chi connectivity index (χ2n) is 2.95. The van der Waals surface area contributed by atoms with Crippen LogP contribution in [0.25, 0.3) is 11.0 Å². The molecule has 2 nitrogen and oxygen atoms in total. The summed E-state index contributed by atoms with van der Waals surface area (Å²) in [7, 11) is 1.86. The lowest BCUT2D eigenvalue weighted by molar-refractivity contribution is 0.628. The molecule has 0 saturated heterocycles. The van der Waals surface area contributed by atoms with Gasteiger partial charge in [-0.25, -0.2) is 9.37 Å². The van der Waals surface area contributed by atoms with Crippen molar-refractivity contribution < 1.29 is 4.39 Å². The van der Waals surface area contributed by atoms with Crippen LogP contribution in [-0.2, 0) is 7.05 Å². The van der Waals surface area contributed by atoms with Crippen LogP contribution in [0.2, 0.25) is 0 Å². The van der Waals surface area contributed by atoms with Crippen LogP contribution in [0.1, 0.15) is 5.56 Å². The molecule has 0 atom stereocenters. The summed E-state index contributed by atoms with van der Waals surface area (Å²) in [5, 5.41) is 0. The molecule has 1 aromatic carbocycles. The number of imidazole rings is 1. The maximum absolute atomic E-state index is 12.9. The Bertz CT molecular complexity index is 431. The largest absolute Gasteiger partial charge is 0.334 e. The number of rotatable bonds is 0. The van der Waals surface area contributed by atoms with E-state index in [-0.39, 0.29) is 5.82 Å². The summed E-state index contributed by atoms with van der Waals surface area (Å²) < 4.78 is 14.7. The lowest BCUT2D eigenvalue weighted by Crippen LogP contribution is -1.86. The number of benzene rings is 1. The second kappa shape index (κ2) is 2.30. The molecule has 0 N–H and O–H groups in total. The highest BCUT2D eigenvalue weighted by Gasteiger charge is 2.04. The maximum Gasteiger partial charge on any atom is 0.125 e. The summed E-state index contributed by atoms with van der Waals surface area (Å²) in [6.07, 6.45) is 1.69. The predicted molar refractivity (Wildman–Crippen MR) is 45.4 cm³/mol. The van der Waals surface area contributed by atoms with Gasteiger partial charge >= 0.3 is 0 Å².